The fourth-order valence-electron chi connectivity index (χ4n) is 1.94. The summed E-state index contributed by atoms with van der Waals surface area (Å²) >= 11 is 3.27. The van der Waals surface area contributed by atoms with E-state index in [1.807, 2.05) is 0 Å². The van der Waals surface area contributed by atoms with E-state index in [2.05, 4.69) is 21.2 Å². The molecule has 1 aromatic carbocycles. The Morgan fingerprint density at radius 2 is 2.24 bits per heavy atom. The van der Waals surface area contributed by atoms with Gasteiger partial charge in [-0.1, -0.05) is 15.9 Å². The number of aliphatic carboxylic acids is 1. The Labute approximate surface area is 107 Å². The number of carbonyl (C=O) groups is 1. The average Bonchev–Trinajstić information content (AvgIpc) is 2.21. The van der Waals surface area contributed by atoms with Crippen molar-refractivity contribution in [2.75, 3.05) is 0 Å². The molecule has 0 spiro atoms. The molecule has 0 unspecified atom stereocenters. The summed E-state index contributed by atoms with van der Waals surface area (Å²) in [6.45, 7) is 0.234. The Morgan fingerprint density at radius 3 is 2.76 bits per heavy atom. The highest BCUT2D eigenvalue weighted by Gasteiger charge is 2.43. The van der Waals surface area contributed by atoms with Gasteiger partial charge in [0.05, 0.1) is 0 Å². The lowest BCUT2D eigenvalue weighted by Crippen LogP contribution is -2.56. The van der Waals surface area contributed by atoms with Gasteiger partial charge in [-0.05, 0) is 37.5 Å². The van der Waals surface area contributed by atoms with Crippen LogP contribution in [0.25, 0.3) is 0 Å². The van der Waals surface area contributed by atoms with Crippen molar-refractivity contribution in [1.29, 1.82) is 0 Å². The quantitative estimate of drug-likeness (QED) is 0.899. The molecule has 0 radical (unpaired) electrons. The molecule has 2 N–H and O–H groups in total. The van der Waals surface area contributed by atoms with Gasteiger partial charge in [0.25, 0.3) is 0 Å². The number of hydrogen-bond acceptors (Lipinski definition) is 2. The van der Waals surface area contributed by atoms with E-state index >= 15 is 0 Å². The molecular weight excluding hydrogens is 289 g/mol. The second-order valence-electron chi connectivity index (χ2n) is 4.33. The first-order valence-electron chi connectivity index (χ1n) is 5.46. The first kappa shape index (κ1) is 12.5. The minimum atomic E-state index is -0.852. The molecule has 2 rings (SSSR count). The number of halogens is 2. The van der Waals surface area contributed by atoms with Crippen molar-refractivity contribution in [2.24, 2.45) is 0 Å². The lowest BCUT2D eigenvalue weighted by Gasteiger charge is -2.38. The van der Waals surface area contributed by atoms with Crippen LogP contribution in [0.2, 0.25) is 0 Å². The van der Waals surface area contributed by atoms with E-state index in [1.54, 1.807) is 12.1 Å². The number of carboxylic acid groups (broad SMARTS) is 1. The van der Waals surface area contributed by atoms with Crippen LogP contribution >= 0.6 is 15.9 Å². The Bertz CT molecular complexity index is 446. The predicted molar refractivity (Wildman–Crippen MR) is 65.2 cm³/mol. The molecule has 0 atom stereocenters. The standard InChI is InChI=1S/C12H13BrFNO2/c13-9-2-3-10(14)8(6-9)7-15-12(11(16)17)4-1-5-12/h2-3,6,15H,1,4-5,7H2,(H,16,17). The minimum absolute atomic E-state index is 0.234. The molecule has 0 aromatic heterocycles. The van der Waals surface area contributed by atoms with Crippen molar-refractivity contribution in [1.82, 2.24) is 5.32 Å². The zero-order chi connectivity index (χ0) is 12.5. The van der Waals surface area contributed by atoms with E-state index in [-0.39, 0.29) is 12.4 Å². The molecule has 1 aliphatic rings. The highest BCUT2D eigenvalue weighted by atomic mass is 79.9. The maximum absolute atomic E-state index is 13.5. The van der Waals surface area contributed by atoms with Crippen LogP contribution in [0, 0.1) is 5.82 Å². The fraction of sp³-hybridized carbons (Fsp3) is 0.417. The van der Waals surface area contributed by atoms with Crippen molar-refractivity contribution < 1.29 is 14.3 Å². The smallest absolute Gasteiger partial charge is 0.323 e. The van der Waals surface area contributed by atoms with Crippen molar-refractivity contribution in [2.45, 2.75) is 31.3 Å². The van der Waals surface area contributed by atoms with Crippen LogP contribution in [0.3, 0.4) is 0 Å². The van der Waals surface area contributed by atoms with Crippen LogP contribution in [0.15, 0.2) is 22.7 Å². The first-order chi connectivity index (χ1) is 8.03. The monoisotopic (exact) mass is 301 g/mol. The SMILES string of the molecule is O=C(O)C1(NCc2cc(Br)ccc2F)CCC1. The molecule has 5 heteroatoms. The molecule has 1 fully saturated rings. The Hall–Kier alpha value is -0.940. The van der Waals surface area contributed by atoms with Crippen LogP contribution in [-0.2, 0) is 11.3 Å². The summed E-state index contributed by atoms with van der Waals surface area (Å²) in [7, 11) is 0. The van der Waals surface area contributed by atoms with Crippen LogP contribution in [0.5, 0.6) is 0 Å². The van der Waals surface area contributed by atoms with E-state index in [4.69, 9.17) is 5.11 Å². The van der Waals surface area contributed by atoms with Crippen molar-refractivity contribution in [3.63, 3.8) is 0 Å². The molecule has 0 saturated heterocycles. The Morgan fingerprint density at radius 1 is 1.53 bits per heavy atom. The van der Waals surface area contributed by atoms with Crippen LogP contribution < -0.4 is 5.32 Å². The molecule has 1 aliphatic carbocycles. The first-order valence-corrected chi connectivity index (χ1v) is 6.25. The van der Waals surface area contributed by atoms with Gasteiger partial charge in [-0.25, -0.2) is 4.39 Å². The van der Waals surface area contributed by atoms with Crippen LogP contribution in [0.1, 0.15) is 24.8 Å². The maximum Gasteiger partial charge on any atom is 0.323 e. The van der Waals surface area contributed by atoms with Crippen LogP contribution in [-0.4, -0.2) is 16.6 Å². The third-order valence-electron chi connectivity index (χ3n) is 3.24. The van der Waals surface area contributed by atoms with Crippen molar-refractivity contribution >= 4 is 21.9 Å². The Balaban J connectivity index is 2.07. The van der Waals surface area contributed by atoms with Gasteiger partial charge in [-0.15, -0.1) is 0 Å². The summed E-state index contributed by atoms with van der Waals surface area (Å²) in [6.07, 6.45) is 2.12. The molecular formula is C12H13BrFNO2. The van der Waals surface area contributed by atoms with E-state index in [9.17, 15) is 9.18 Å². The highest BCUT2D eigenvalue weighted by Crippen LogP contribution is 2.32. The minimum Gasteiger partial charge on any atom is -0.480 e. The second kappa shape index (κ2) is 4.74. The molecule has 1 aromatic rings. The van der Waals surface area contributed by atoms with Gasteiger partial charge in [0.1, 0.15) is 11.4 Å². The largest absolute Gasteiger partial charge is 0.480 e. The number of carboxylic acids is 1. The van der Waals surface area contributed by atoms with E-state index in [0.29, 0.717) is 18.4 Å². The zero-order valence-electron chi connectivity index (χ0n) is 9.17. The number of benzene rings is 1. The third kappa shape index (κ3) is 2.50. The van der Waals surface area contributed by atoms with Gasteiger partial charge < -0.3 is 5.11 Å². The molecule has 0 heterocycles. The molecule has 3 nitrogen and oxygen atoms in total. The van der Waals surface area contributed by atoms with Gasteiger partial charge in [0, 0.05) is 16.6 Å². The molecule has 92 valence electrons. The van der Waals surface area contributed by atoms with Gasteiger partial charge in [0.2, 0.25) is 0 Å². The zero-order valence-corrected chi connectivity index (χ0v) is 10.8. The lowest BCUT2D eigenvalue weighted by molar-refractivity contribution is -0.148. The third-order valence-corrected chi connectivity index (χ3v) is 3.73. The predicted octanol–water partition coefficient (Wildman–Crippen LogP) is 2.69. The van der Waals surface area contributed by atoms with Crippen molar-refractivity contribution in [3.05, 3.63) is 34.1 Å². The van der Waals surface area contributed by atoms with E-state index in [1.165, 1.54) is 6.07 Å². The van der Waals surface area contributed by atoms with E-state index < -0.39 is 11.5 Å². The molecule has 1 saturated carbocycles. The van der Waals surface area contributed by atoms with Gasteiger partial charge >= 0.3 is 5.97 Å². The molecule has 0 aliphatic heterocycles. The number of nitrogens with one attached hydrogen (secondary N) is 1. The summed E-state index contributed by atoms with van der Waals surface area (Å²) in [5.41, 5.74) is -0.374. The van der Waals surface area contributed by atoms with Crippen molar-refractivity contribution in [3.8, 4) is 0 Å². The van der Waals surface area contributed by atoms with Crippen LogP contribution in [0.4, 0.5) is 4.39 Å². The van der Waals surface area contributed by atoms with Gasteiger partial charge in [-0.3, -0.25) is 10.1 Å². The maximum atomic E-state index is 13.5. The summed E-state index contributed by atoms with van der Waals surface area (Å²) < 4.78 is 14.2. The number of rotatable bonds is 4. The summed E-state index contributed by atoms with van der Waals surface area (Å²) in [5.74, 6) is -1.17. The summed E-state index contributed by atoms with van der Waals surface area (Å²) in [6, 6.07) is 4.65. The normalized spacial score (nSPS) is 17.5. The molecule has 0 amide bonds. The molecule has 0 bridgehead atoms. The van der Waals surface area contributed by atoms with Gasteiger partial charge in [0.15, 0.2) is 0 Å². The summed E-state index contributed by atoms with van der Waals surface area (Å²) in [5, 5.41) is 12.1. The number of hydrogen-bond donors (Lipinski definition) is 2. The van der Waals surface area contributed by atoms with E-state index in [0.717, 1.165) is 10.9 Å². The lowest BCUT2D eigenvalue weighted by atomic mass is 9.76. The second-order valence-corrected chi connectivity index (χ2v) is 5.25. The summed E-state index contributed by atoms with van der Waals surface area (Å²) in [4.78, 5) is 11.1. The average molecular weight is 302 g/mol. The highest BCUT2D eigenvalue weighted by molar-refractivity contribution is 9.10. The van der Waals surface area contributed by atoms with Gasteiger partial charge in [-0.2, -0.15) is 0 Å². The molecule has 17 heavy (non-hydrogen) atoms. The topological polar surface area (TPSA) is 49.3 Å². The Kier molecular flexibility index (Phi) is 3.49. The fourth-order valence-corrected chi connectivity index (χ4v) is 2.35.